The zero-order chi connectivity index (χ0) is 20.9. The van der Waals surface area contributed by atoms with E-state index in [9.17, 15) is 9.59 Å². The monoisotopic (exact) mass is 408 g/mol. The Morgan fingerprint density at radius 1 is 1.13 bits per heavy atom. The van der Waals surface area contributed by atoms with E-state index in [0.29, 0.717) is 61.1 Å². The van der Waals surface area contributed by atoms with Gasteiger partial charge in [0, 0.05) is 44.5 Å². The van der Waals surface area contributed by atoms with Gasteiger partial charge in [0.05, 0.1) is 17.7 Å². The minimum Gasteiger partial charge on any atom is -0.494 e. The molecule has 0 fully saturated rings. The van der Waals surface area contributed by atoms with Gasteiger partial charge in [-0.3, -0.25) is 9.59 Å². The van der Waals surface area contributed by atoms with Crippen molar-refractivity contribution in [3.05, 3.63) is 42.4 Å². The molecule has 2 aliphatic rings. The van der Waals surface area contributed by atoms with E-state index < -0.39 is 0 Å². The fraction of sp³-hybridized carbons (Fsp3) is 0.333. The molecule has 30 heavy (non-hydrogen) atoms. The van der Waals surface area contributed by atoms with Crippen molar-refractivity contribution in [3.8, 4) is 5.75 Å². The van der Waals surface area contributed by atoms with Crippen LogP contribution < -0.4 is 20.7 Å². The maximum atomic E-state index is 12.5. The number of nitrogens with zero attached hydrogens (tertiary/aromatic N) is 3. The number of anilines is 3. The van der Waals surface area contributed by atoms with Gasteiger partial charge < -0.3 is 25.6 Å². The number of nitrogens with one attached hydrogen (secondary N) is 3. The second-order valence-electron chi connectivity index (χ2n) is 7.18. The zero-order valence-electron chi connectivity index (χ0n) is 16.8. The summed E-state index contributed by atoms with van der Waals surface area (Å²) in [5.41, 5.74) is 1.87. The number of rotatable bonds is 0. The van der Waals surface area contributed by atoms with Crippen molar-refractivity contribution in [3.63, 3.8) is 0 Å². The van der Waals surface area contributed by atoms with Crippen LogP contribution in [0.2, 0.25) is 0 Å². The predicted molar refractivity (Wildman–Crippen MR) is 114 cm³/mol. The average Bonchev–Trinajstić information content (AvgIpc) is 3.07. The summed E-state index contributed by atoms with van der Waals surface area (Å²) in [6, 6.07) is 7.46. The van der Waals surface area contributed by atoms with E-state index in [-0.39, 0.29) is 11.8 Å². The standard InChI is InChI=1S/C21H24N6O3/c1-27-9-4-8-22-19-18-16(21(29)26-20(18)25-13-24-19)12-23-14-5-2-6-15(11-14)30-10-3-7-17(27)28/h2,5-6,11-13,23H,3-4,7-10H2,1H3,(H2,22,24,25,26,29)/b16-12-. The Labute approximate surface area is 174 Å². The number of carbonyl (C=O) groups excluding carboxylic acids is 2. The van der Waals surface area contributed by atoms with Gasteiger partial charge >= 0.3 is 0 Å². The smallest absolute Gasteiger partial charge is 0.259 e. The van der Waals surface area contributed by atoms with Crippen LogP contribution in [-0.4, -0.2) is 53.4 Å². The molecule has 0 radical (unpaired) electrons. The summed E-state index contributed by atoms with van der Waals surface area (Å²) in [6.45, 7) is 1.70. The maximum Gasteiger partial charge on any atom is 0.259 e. The molecule has 9 nitrogen and oxygen atoms in total. The molecule has 2 aliphatic heterocycles. The van der Waals surface area contributed by atoms with Crippen LogP contribution in [0.4, 0.5) is 17.3 Å². The van der Waals surface area contributed by atoms with E-state index in [1.807, 2.05) is 31.3 Å². The molecule has 0 aliphatic carbocycles. The van der Waals surface area contributed by atoms with E-state index >= 15 is 0 Å². The first kappa shape index (κ1) is 19.7. The van der Waals surface area contributed by atoms with Crippen molar-refractivity contribution in [1.82, 2.24) is 14.9 Å². The van der Waals surface area contributed by atoms with Crippen molar-refractivity contribution in [2.45, 2.75) is 19.3 Å². The summed E-state index contributed by atoms with van der Waals surface area (Å²) in [4.78, 5) is 35.0. The van der Waals surface area contributed by atoms with Crippen molar-refractivity contribution < 1.29 is 14.3 Å². The molecule has 0 saturated carbocycles. The van der Waals surface area contributed by atoms with Crippen LogP contribution in [0.1, 0.15) is 24.8 Å². The van der Waals surface area contributed by atoms with Gasteiger partial charge in [0.15, 0.2) is 0 Å². The van der Waals surface area contributed by atoms with Crippen LogP contribution in [0, 0.1) is 0 Å². The molecule has 3 N–H and O–H groups in total. The third-order valence-electron chi connectivity index (χ3n) is 5.00. The second kappa shape index (κ2) is 8.81. The lowest BCUT2D eigenvalue weighted by Gasteiger charge is -2.18. The fourth-order valence-corrected chi connectivity index (χ4v) is 3.38. The molecule has 4 rings (SSSR count). The number of fused-ring (bicyclic) bond motifs is 2. The topological polar surface area (TPSA) is 108 Å². The lowest BCUT2D eigenvalue weighted by molar-refractivity contribution is -0.130. The molecule has 0 saturated heterocycles. The summed E-state index contributed by atoms with van der Waals surface area (Å²) in [5, 5.41) is 9.20. The van der Waals surface area contributed by atoms with E-state index in [4.69, 9.17) is 4.74 Å². The largest absolute Gasteiger partial charge is 0.494 e. The van der Waals surface area contributed by atoms with Gasteiger partial charge in [-0.1, -0.05) is 6.07 Å². The summed E-state index contributed by atoms with van der Waals surface area (Å²) in [6.07, 6.45) is 4.92. The molecule has 9 heteroatoms. The number of hydrogen-bond donors (Lipinski definition) is 3. The van der Waals surface area contributed by atoms with Crippen LogP contribution in [0.3, 0.4) is 0 Å². The molecule has 0 spiro atoms. The minimum absolute atomic E-state index is 0.0954. The van der Waals surface area contributed by atoms with Crippen molar-refractivity contribution in [1.29, 1.82) is 0 Å². The highest BCUT2D eigenvalue weighted by Gasteiger charge is 2.29. The van der Waals surface area contributed by atoms with Gasteiger partial charge in [0.1, 0.15) is 23.7 Å². The number of carbonyl (C=O) groups is 2. The van der Waals surface area contributed by atoms with E-state index in [1.165, 1.54) is 6.33 Å². The lowest BCUT2D eigenvalue weighted by atomic mass is 10.1. The Balaban J connectivity index is 1.63. The first-order chi connectivity index (χ1) is 14.6. The Bertz CT molecular complexity index is 990. The minimum atomic E-state index is -0.242. The number of amides is 2. The molecule has 0 atom stereocenters. The van der Waals surface area contributed by atoms with Crippen LogP contribution >= 0.6 is 0 Å². The van der Waals surface area contributed by atoms with Gasteiger partial charge in [0.25, 0.3) is 5.91 Å². The van der Waals surface area contributed by atoms with E-state index in [0.717, 1.165) is 12.1 Å². The van der Waals surface area contributed by atoms with Crippen molar-refractivity contribution >= 4 is 34.7 Å². The number of benzene rings is 1. The molecule has 2 bridgehead atoms. The molecule has 1 aromatic heterocycles. The number of aromatic nitrogens is 2. The average molecular weight is 408 g/mol. The fourth-order valence-electron chi connectivity index (χ4n) is 3.38. The van der Waals surface area contributed by atoms with Crippen LogP contribution in [0.25, 0.3) is 5.57 Å². The normalized spacial score (nSPS) is 19.1. The highest BCUT2D eigenvalue weighted by Crippen LogP contribution is 2.34. The third kappa shape index (κ3) is 4.35. The summed E-state index contributed by atoms with van der Waals surface area (Å²) in [5.74, 6) is 1.61. The first-order valence-electron chi connectivity index (χ1n) is 9.96. The van der Waals surface area contributed by atoms with Gasteiger partial charge in [-0.2, -0.15) is 0 Å². The van der Waals surface area contributed by atoms with Crippen molar-refractivity contribution in [2.24, 2.45) is 0 Å². The number of ether oxygens (including phenoxy) is 1. The van der Waals surface area contributed by atoms with Gasteiger partial charge in [-0.25, -0.2) is 9.97 Å². The SMILES string of the molecule is CN1CCCNc2ncnc3c2/C(=C/Nc2cccc(c2)OCCCC1=O)C(=O)N3. The second-order valence-corrected chi connectivity index (χ2v) is 7.18. The quantitative estimate of drug-likeness (QED) is 0.614. The summed E-state index contributed by atoms with van der Waals surface area (Å²) < 4.78 is 5.78. The molecular weight excluding hydrogens is 384 g/mol. The maximum absolute atomic E-state index is 12.5. The highest BCUT2D eigenvalue weighted by atomic mass is 16.5. The first-order valence-corrected chi connectivity index (χ1v) is 9.96. The predicted octanol–water partition coefficient (Wildman–Crippen LogP) is 2.31. The Morgan fingerprint density at radius 3 is 2.90 bits per heavy atom. The highest BCUT2D eigenvalue weighted by molar-refractivity contribution is 6.32. The molecule has 2 amide bonds. The van der Waals surface area contributed by atoms with E-state index in [2.05, 4.69) is 25.9 Å². The molecule has 3 heterocycles. The summed E-state index contributed by atoms with van der Waals surface area (Å²) >= 11 is 0. The Hall–Kier alpha value is -3.62. The van der Waals surface area contributed by atoms with Crippen molar-refractivity contribution in [2.75, 3.05) is 42.7 Å². The summed E-state index contributed by atoms with van der Waals surface area (Å²) in [7, 11) is 1.81. The molecule has 0 unspecified atom stereocenters. The van der Waals surface area contributed by atoms with Crippen LogP contribution in [-0.2, 0) is 9.59 Å². The molecular formula is C21H24N6O3. The number of hydrogen-bond acceptors (Lipinski definition) is 7. The van der Waals surface area contributed by atoms with Gasteiger partial charge in [0.2, 0.25) is 5.91 Å². The van der Waals surface area contributed by atoms with Crippen LogP contribution in [0.5, 0.6) is 5.75 Å². The Kier molecular flexibility index (Phi) is 5.78. The Morgan fingerprint density at radius 2 is 2.00 bits per heavy atom. The molecule has 1 aromatic carbocycles. The third-order valence-corrected chi connectivity index (χ3v) is 5.00. The van der Waals surface area contributed by atoms with E-state index in [1.54, 1.807) is 11.1 Å². The molecule has 2 aromatic rings. The molecule has 156 valence electrons. The van der Waals surface area contributed by atoms with Crippen LogP contribution in [0.15, 0.2) is 36.8 Å². The van der Waals surface area contributed by atoms with Gasteiger partial charge in [-0.05, 0) is 25.0 Å². The zero-order valence-corrected chi connectivity index (χ0v) is 16.8. The van der Waals surface area contributed by atoms with Gasteiger partial charge in [-0.15, -0.1) is 0 Å². The lowest BCUT2D eigenvalue weighted by Crippen LogP contribution is -2.29.